The molecule has 0 unspecified atom stereocenters. The van der Waals surface area contributed by atoms with Gasteiger partial charge in [0.25, 0.3) is 0 Å². The molecule has 17 heavy (non-hydrogen) atoms. The van der Waals surface area contributed by atoms with Crippen molar-refractivity contribution in [1.82, 2.24) is 14.8 Å². The van der Waals surface area contributed by atoms with Crippen molar-refractivity contribution in [3.05, 3.63) is 41.9 Å². The second kappa shape index (κ2) is 4.90. The zero-order chi connectivity index (χ0) is 12.3. The zero-order valence-electron chi connectivity index (χ0n) is 9.32. The second-order valence-corrected chi connectivity index (χ2v) is 3.61. The highest BCUT2D eigenvalue weighted by atomic mass is 19.1. The first-order valence-corrected chi connectivity index (χ1v) is 5.18. The van der Waals surface area contributed by atoms with Crippen LogP contribution in [0.2, 0.25) is 0 Å². The fraction of sp³-hybridized carbons (Fsp3) is 0.273. The molecule has 2 aromatic rings. The summed E-state index contributed by atoms with van der Waals surface area (Å²) < 4.78 is 27.6. The molecule has 1 N–H and O–H groups in total. The van der Waals surface area contributed by atoms with E-state index < -0.39 is 11.6 Å². The number of anilines is 1. The van der Waals surface area contributed by atoms with Crippen LogP contribution in [0.15, 0.2) is 24.5 Å². The molecule has 4 nitrogen and oxygen atoms in total. The highest BCUT2D eigenvalue weighted by molar-refractivity contribution is 5.35. The van der Waals surface area contributed by atoms with Gasteiger partial charge >= 0.3 is 0 Å². The van der Waals surface area contributed by atoms with E-state index in [1.807, 2.05) is 13.1 Å². The Kier molecular flexibility index (Phi) is 3.32. The largest absolute Gasteiger partial charge is 0.367 e. The molecular weight excluding hydrogens is 226 g/mol. The quantitative estimate of drug-likeness (QED) is 0.882. The number of aryl methyl sites for hydroxylation is 1. The highest BCUT2D eigenvalue weighted by Crippen LogP contribution is 2.11. The predicted molar refractivity (Wildman–Crippen MR) is 59.6 cm³/mol. The van der Waals surface area contributed by atoms with Gasteiger partial charge in [0.2, 0.25) is 0 Å². The van der Waals surface area contributed by atoms with Crippen LogP contribution in [-0.4, -0.2) is 21.3 Å². The van der Waals surface area contributed by atoms with Gasteiger partial charge in [0, 0.05) is 38.0 Å². The third-order valence-electron chi connectivity index (χ3n) is 2.40. The van der Waals surface area contributed by atoms with Crippen molar-refractivity contribution >= 4 is 5.82 Å². The van der Waals surface area contributed by atoms with Crippen molar-refractivity contribution in [2.24, 2.45) is 7.05 Å². The lowest BCUT2D eigenvalue weighted by molar-refractivity contribution is 0.575. The van der Waals surface area contributed by atoms with Crippen LogP contribution in [0.25, 0.3) is 0 Å². The van der Waals surface area contributed by atoms with Crippen LogP contribution in [0, 0.1) is 11.6 Å². The van der Waals surface area contributed by atoms with E-state index in [4.69, 9.17) is 0 Å². The lowest BCUT2D eigenvalue weighted by Crippen LogP contribution is -2.10. The molecule has 2 heterocycles. The summed E-state index contributed by atoms with van der Waals surface area (Å²) in [6, 6.07) is 2.69. The Morgan fingerprint density at radius 2 is 2.24 bits per heavy atom. The fourth-order valence-electron chi connectivity index (χ4n) is 1.50. The summed E-state index contributed by atoms with van der Waals surface area (Å²) in [6.07, 6.45) is 3.37. The monoisotopic (exact) mass is 238 g/mol. The van der Waals surface area contributed by atoms with E-state index in [1.165, 1.54) is 0 Å². The molecule has 0 radical (unpaired) electrons. The summed E-state index contributed by atoms with van der Waals surface area (Å²) in [5, 5.41) is 6.83. The zero-order valence-corrected chi connectivity index (χ0v) is 9.32. The summed E-state index contributed by atoms with van der Waals surface area (Å²) in [6.45, 7) is 0.509. The Bertz CT molecular complexity index is 510. The summed E-state index contributed by atoms with van der Waals surface area (Å²) in [7, 11) is 1.84. The van der Waals surface area contributed by atoms with Gasteiger partial charge in [-0.2, -0.15) is 5.10 Å². The Morgan fingerprint density at radius 3 is 2.88 bits per heavy atom. The number of aromatic nitrogens is 3. The average molecular weight is 238 g/mol. The molecule has 0 atom stereocenters. The van der Waals surface area contributed by atoms with E-state index in [2.05, 4.69) is 15.4 Å². The van der Waals surface area contributed by atoms with Gasteiger partial charge in [-0.25, -0.2) is 13.8 Å². The van der Waals surface area contributed by atoms with Gasteiger partial charge < -0.3 is 5.32 Å². The summed E-state index contributed by atoms with van der Waals surface area (Å²) in [5.74, 6) is -1.30. The van der Waals surface area contributed by atoms with Gasteiger partial charge in [-0.1, -0.05) is 0 Å². The number of nitrogens with one attached hydrogen (secondary N) is 1. The second-order valence-electron chi connectivity index (χ2n) is 3.61. The minimum atomic E-state index is -0.685. The molecule has 90 valence electrons. The van der Waals surface area contributed by atoms with Crippen molar-refractivity contribution in [2.45, 2.75) is 6.42 Å². The minimum absolute atomic E-state index is 0.0635. The summed E-state index contributed by atoms with van der Waals surface area (Å²) >= 11 is 0. The first-order valence-electron chi connectivity index (χ1n) is 5.18. The van der Waals surface area contributed by atoms with E-state index >= 15 is 0 Å². The Balaban J connectivity index is 1.92. The Labute approximate surface area is 97.3 Å². The number of halogens is 2. The van der Waals surface area contributed by atoms with Crippen molar-refractivity contribution in [3.63, 3.8) is 0 Å². The first kappa shape index (κ1) is 11.5. The number of rotatable bonds is 4. The fourth-order valence-corrected chi connectivity index (χ4v) is 1.50. The Hall–Kier alpha value is -1.98. The van der Waals surface area contributed by atoms with Crippen LogP contribution in [0.4, 0.5) is 14.6 Å². The van der Waals surface area contributed by atoms with Gasteiger partial charge in [0.15, 0.2) is 11.6 Å². The molecule has 0 aromatic carbocycles. The van der Waals surface area contributed by atoms with Gasteiger partial charge in [-0.15, -0.1) is 0 Å². The topological polar surface area (TPSA) is 42.7 Å². The van der Waals surface area contributed by atoms with Crippen molar-refractivity contribution in [2.75, 3.05) is 11.9 Å². The van der Waals surface area contributed by atoms with Gasteiger partial charge in [0.1, 0.15) is 5.82 Å². The van der Waals surface area contributed by atoms with Gasteiger partial charge in [0.05, 0.1) is 6.20 Å². The molecule has 0 aliphatic heterocycles. The van der Waals surface area contributed by atoms with Crippen LogP contribution in [0.5, 0.6) is 0 Å². The summed E-state index contributed by atoms with van der Waals surface area (Å²) in [5.41, 5.74) is 1.03. The molecule has 0 aliphatic carbocycles. The molecule has 2 aromatic heterocycles. The number of pyridine rings is 1. The molecule has 0 saturated heterocycles. The third kappa shape index (κ3) is 2.77. The highest BCUT2D eigenvalue weighted by Gasteiger charge is 2.05. The van der Waals surface area contributed by atoms with Crippen LogP contribution in [0.3, 0.4) is 0 Å². The molecule has 0 aliphatic rings. The molecule has 2 rings (SSSR count). The van der Waals surface area contributed by atoms with E-state index in [-0.39, 0.29) is 5.82 Å². The van der Waals surface area contributed by atoms with Gasteiger partial charge in [-0.05, 0) is 6.07 Å². The number of nitrogens with zero attached hydrogens (tertiary/aromatic N) is 3. The lowest BCUT2D eigenvalue weighted by Gasteiger charge is -2.06. The predicted octanol–water partition coefficient (Wildman–Crippen LogP) is 1.75. The minimum Gasteiger partial charge on any atom is -0.367 e. The summed E-state index contributed by atoms with van der Waals surface area (Å²) in [4.78, 5) is 3.64. The normalized spacial score (nSPS) is 10.5. The standard InChI is InChI=1S/C11H12F2N4/c1-17-9(3-5-16-17)2-4-14-11-10(13)6-8(12)7-15-11/h3,5-7H,2,4H2,1H3,(H,14,15). The maximum atomic E-state index is 13.2. The van der Waals surface area contributed by atoms with E-state index in [9.17, 15) is 8.78 Å². The number of hydrogen-bond acceptors (Lipinski definition) is 3. The average Bonchev–Trinajstić information content (AvgIpc) is 2.68. The van der Waals surface area contributed by atoms with Crippen LogP contribution in [0.1, 0.15) is 5.69 Å². The molecule has 0 bridgehead atoms. The molecular formula is C11H12F2N4. The molecule has 0 fully saturated rings. The lowest BCUT2D eigenvalue weighted by atomic mass is 10.3. The number of hydrogen-bond donors (Lipinski definition) is 1. The maximum absolute atomic E-state index is 13.2. The van der Waals surface area contributed by atoms with E-state index in [1.54, 1.807) is 10.9 Å². The molecule has 6 heteroatoms. The molecule has 0 spiro atoms. The SMILES string of the molecule is Cn1nccc1CCNc1ncc(F)cc1F. The van der Waals surface area contributed by atoms with Crippen molar-refractivity contribution in [1.29, 1.82) is 0 Å². The van der Waals surface area contributed by atoms with E-state index in [0.717, 1.165) is 18.0 Å². The van der Waals surface area contributed by atoms with Crippen LogP contribution in [-0.2, 0) is 13.5 Å². The van der Waals surface area contributed by atoms with Gasteiger partial charge in [-0.3, -0.25) is 4.68 Å². The maximum Gasteiger partial charge on any atom is 0.168 e. The van der Waals surface area contributed by atoms with Crippen molar-refractivity contribution in [3.8, 4) is 0 Å². The molecule has 0 amide bonds. The third-order valence-corrected chi connectivity index (χ3v) is 2.40. The van der Waals surface area contributed by atoms with Crippen molar-refractivity contribution < 1.29 is 8.78 Å². The van der Waals surface area contributed by atoms with Crippen LogP contribution >= 0.6 is 0 Å². The Morgan fingerprint density at radius 1 is 1.41 bits per heavy atom. The van der Waals surface area contributed by atoms with E-state index in [0.29, 0.717) is 13.0 Å². The first-order chi connectivity index (χ1) is 8.16. The smallest absolute Gasteiger partial charge is 0.168 e. The molecule has 0 saturated carbocycles. The van der Waals surface area contributed by atoms with Crippen LogP contribution < -0.4 is 5.32 Å².